The van der Waals surface area contributed by atoms with Gasteiger partial charge in [-0.15, -0.1) is 0 Å². The van der Waals surface area contributed by atoms with Crippen molar-refractivity contribution < 1.29 is 18.3 Å². The Hall–Kier alpha value is -1.56. The molecular formula is C14H19NO4S. The van der Waals surface area contributed by atoms with Gasteiger partial charge in [0.05, 0.1) is 5.75 Å². The number of amides is 1. The summed E-state index contributed by atoms with van der Waals surface area (Å²) in [4.78, 5) is 14.0. The topological polar surface area (TPSA) is 74.7 Å². The van der Waals surface area contributed by atoms with E-state index >= 15 is 0 Å². The third-order valence-corrected chi connectivity index (χ3v) is 4.54. The number of benzene rings is 1. The first kappa shape index (κ1) is 14.8. The van der Waals surface area contributed by atoms with Crippen LogP contribution in [-0.4, -0.2) is 49.4 Å². The lowest BCUT2D eigenvalue weighted by atomic mass is 9.99. The van der Waals surface area contributed by atoms with Crippen LogP contribution >= 0.6 is 0 Å². The largest absolute Gasteiger partial charge is 0.508 e. The Morgan fingerprint density at radius 3 is 2.60 bits per heavy atom. The summed E-state index contributed by atoms with van der Waals surface area (Å²) in [5.74, 6) is 0.157. The molecule has 0 bridgehead atoms. The van der Waals surface area contributed by atoms with Crippen molar-refractivity contribution in [3.8, 4) is 5.75 Å². The van der Waals surface area contributed by atoms with E-state index in [9.17, 15) is 18.3 Å². The zero-order valence-electron chi connectivity index (χ0n) is 11.4. The Morgan fingerprint density at radius 1 is 1.35 bits per heavy atom. The maximum Gasteiger partial charge on any atom is 0.253 e. The highest BCUT2D eigenvalue weighted by atomic mass is 32.2. The molecule has 1 atom stereocenters. The molecule has 0 spiro atoms. The van der Waals surface area contributed by atoms with E-state index in [-0.39, 0.29) is 23.3 Å². The zero-order chi connectivity index (χ0) is 14.8. The molecule has 2 rings (SSSR count). The van der Waals surface area contributed by atoms with E-state index in [0.29, 0.717) is 18.7 Å². The van der Waals surface area contributed by atoms with E-state index in [1.807, 2.05) is 0 Å². The summed E-state index contributed by atoms with van der Waals surface area (Å²) in [6.07, 6.45) is 2.89. The maximum atomic E-state index is 12.3. The molecule has 110 valence electrons. The van der Waals surface area contributed by atoms with Gasteiger partial charge in [-0.1, -0.05) is 0 Å². The number of rotatable bonds is 3. The van der Waals surface area contributed by atoms with Gasteiger partial charge in [0.2, 0.25) is 0 Å². The highest BCUT2D eigenvalue weighted by molar-refractivity contribution is 7.90. The van der Waals surface area contributed by atoms with Crippen molar-refractivity contribution in [2.75, 3.05) is 25.1 Å². The lowest BCUT2D eigenvalue weighted by Gasteiger charge is -2.32. The third-order valence-electron chi connectivity index (χ3n) is 3.46. The first-order chi connectivity index (χ1) is 9.35. The Balaban J connectivity index is 2.05. The van der Waals surface area contributed by atoms with Gasteiger partial charge in [-0.25, -0.2) is 8.42 Å². The molecule has 1 heterocycles. The second-order valence-electron chi connectivity index (χ2n) is 5.40. The van der Waals surface area contributed by atoms with Gasteiger partial charge in [-0.2, -0.15) is 0 Å². The lowest BCUT2D eigenvalue weighted by Crippen LogP contribution is -2.41. The Kier molecular flexibility index (Phi) is 4.32. The molecule has 1 amide bonds. The van der Waals surface area contributed by atoms with Crippen molar-refractivity contribution in [1.82, 2.24) is 4.90 Å². The van der Waals surface area contributed by atoms with Crippen molar-refractivity contribution in [3.63, 3.8) is 0 Å². The quantitative estimate of drug-likeness (QED) is 0.912. The zero-order valence-corrected chi connectivity index (χ0v) is 12.3. The van der Waals surface area contributed by atoms with E-state index in [0.717, 1.165) is 12.8 Å². The van der Waals surface area contributed by atoms with Crippen LogP contribution in [0.25, 0.3) is 0 Å². The normalized spacial score (nSPS) is 19.9. The molecule has 1 aliphatic rings. The van der Waals surface area contributed by atoms with E-state index in [4.69, 9.17) is 0 Å². The fourth-order valence-electron chi connectivity index (χ4n) is 2.60. The van der Waals surface area contributed by atoms with Crippen molar-refractivity contribution in [2.45, 2.75) is 12.8 Å². The number of piperidine rings is 1. The summed E-state index contributed by atoms with van der Waals surface area (Å²) in [5, 5.41) is 9.23. The molecule has 1 aromatic carbocycles. The van der Waals surface area contributed by atoms with E-state index in [2.05, 4.69) is 0 Å². The van der Waals surface area contributed by atoms with E-state index < -0.39 is 9.84 Å². The van der Waals surface area contributed by atoms with Gasteiger partial charge in [0.25, 0.3) is 5.91 Å². The summed E-state index contributed by atoms with van der Waals surface area (Å²) in [6.45, 7) is 1.13. The van der Waals surface area contributed by atoms with Gasteiger partial charge in [-0.3, -0.25) is 4.79 Å². The average Bonchev–Trinajstić information content (AvgIpc) is 2.37. The monoisotopic (exact) mass is 297 g/mol. The van der Waals surface area contributed by atoms with Crippen molar-refractivity contribution in [1.29, 1.82) is 0 Å². The predicted octanol–water partition coefficient (Wildman–Crippen LogP) is 1.29. The van der Waals surface area contributed by atoms with E-state index in [1.54, 1.807) is 17.0 Å². The van der Waals surface area contributed by atoms with Crippen LogP contribution in [0.5, 0.6) is 5.75 Å². The predicted molar refractivity (Wildman–Crippen MR) is 76.4 cm³/mol. The highest BCUT2D eigenvalue weighted by Crippen LogP contribution is 2.20. The van der Waals surface area contributed by atoms with Crippen LogP contribution < -0.4 is 0 Å². The van der Waals surface area contributed by atoms with E-state index in [1.165, 1.54) is 18.4 Å². The Bertz CT molecular complexity index is 580. The smallest absolute Gasteiger partial charge is 0.253 e. The first-order valence-electron chi connectivity index (χ1n) is 6.61. The minimum atomic E-state index is -3.01. The Morgan fingerprint density at radius 2 is 2.00 bits per heavy atom. The summed E-state index contributed by atoms with van der Waals surface area (Å²) >= 11 is 0. The van der Waals surface area contributed by atoms with Gasteiger partial charge in [0, 0.05) is 24.9 Å². The van der Waals surface area contributed by atoms with Gasteiger partial charge >= 0.3 is 0 Å². The van der Waals surface area contributed by atoms with Crippen molar-refractivity contribution >= 4 is 15.7 Å². The second kappa shape index (κ2) is 5.83. The minimum absolute atomic E-state index is 0.0137. The molecule has 1 aliphatic heterocycles. The number of carbonyl (C=O) groups excluding carboxylic acids is 1. The fourth-order valence-corrected chi connectivity index (χ4v) is 3.73. The average molecular weight is 297 g/mol. The van der Waals surface area contributed by atoms with Gasteiger partial charge in [0.15, 0.2) is 0 Å². The van der Waals surface area contributed by atoms with Gasteiger partial charge in [0.1, 0.15) is 15.6 Å². The molecular weight excluding hydrogens is 278 g/mol. The lowest BCUT2D eigenvalue weighted by molar-refractivity contribution is 0.0684. The minimum Gasteiger partial charge on any atom is -0.508 e. The SMILES string of the molecule is CS(=O)(=O)C[C@H]1CCCN(C(=O)c2ccc(O)cc2)C1. The van der Waals surface area contributed by atoms with Crippen LogP contribution in [-0.2, 0) is 9.84 Å². The maximum absolute atomic E-state index is 12.3. The number of sulfone groups is 1. The van der Waals surface area contributed by atoms with Gasteiger partial charge in [-0.05, 0) is 43.0 Å². The molecule has 1 saturated heterocycles. The number of likely N-dealkylation sites (tertiary alicyclic amines) is 1. The van der Waals surface area contributed by atoms with Gasteiger partial charge < -0.3 is 10.0 Å². The summed E-state index contributed by atoms with van der Waals surface area (Å²) in [6, 6.07) is 6.12. The molecule has 5 nitrogen and oxygen atoms in total. The number of hydrogen-bond acceptors (Lipinski definition) is 4. The van der Waals surface area contributed by atoms with Crippen LogP contribution in [0.2, 0.25) is 0 Å². The number of nitrogens with zero attached hydrogens (tertiary/aromatic N) is 1. The van der Waals surface area contributed by atoms with Crippen LogP contribution in [0.3, 0.4) is 0 Å². The molecule has 1 fully saturated rings. The Labute approximate surface area is 119 Å². The van der Waals surface area contributed by atoms with Crippen LogP contribution in [0.15, 0.2) is 24.3 Å². The molecule has 1 N–H and O–H groups in total. The highest BCUT2D eigenvalue weighted by Gasteiger charge is 2.26. The van der Waals surface area contributed by atoms with Crippen molar-refractivity contribution in [3.05, 3.63) is 29.8 Å². The van der Waals surface area contributed by atoms with Crippen molar-refractivity contribution in [2.24, 2.45) is 5.92 Å². The second-order valence-corrected chi connectivity index (χ2v) is 7.58. The van der Waals surface area contributed by atoms with Crippen LogP contribution in [0.4, 0.5) is 0 Å². The number of carbonyl (C=O) groups is 1. The van der Waals surface area contributed by atoms with Crippen LogP contribution in [0, 0.1) is 5.92 Å². The molecule has 0 aromatic heterocycles. The third kappa shape index (κ3) is 3.96. The standard InChI is InChI=1S/C14H19NO4S/c1-20(18,19)10-11-3-2-8-15(9-11)14(17)12-4-6-13(16)7-5-12/h4-7,11,16H,2-3,8-10H2,1H3/t11-/m0/s1. The summed E-state index contributed by atoms with van der Waals surface area (Å²) in [5.41, 5.74) is 0.516. The molecule has 0 unspecified atom stereocenters. The first-order valence-corrected chi connectivity index (χ1v) is 8.67. The number of aromatic hydroxyl groups is 1. The molecule has 0 saturated carbocycles. The molecule has 0 radical (unpaired) electrons. The van der Waals surface area contributed by atoms with Crippen LogP contribution in [0.1, 0.15) is 23.2 Å². The number of phenolic OH excluding ortho intramolecular Hbond substituents is 1. The molecule has 6 heteroatoms. The summed E-state index contributed by atoms with van der Waals surface area (Å²) in [7, 11) is -3.01. The summed E-state index contributed by atoms with van der Waals surface area (Å²) < 4.78 is 22.7. The molecule has 20 heavy (non-hydrogen) atoms. The number of phenols is 1. The number of hydrogen-bond donors (Lipinski definition) is 1. The molecule has 1 aromatic rings. The fraction of sp³-hybridized carbons (Fsp3) is 0.500. The molecule has 0 aliphatic carbocycles.